The summed E-state index contributed by atoms with van der Waals surface area (Å²) in [5.74, 6) is 2.56. The first-order valence-electron chi connectivity index (χ1n) is 11.1. The van der Waals surface area contributed by atoms with Crippen LogP contribution in [0.3, 0.4) is 0 Å². The van der Waals surface area contributed by atoms with E-state index in [2.05, 4.69) is 51.7 Å². The number of aryl methyl sites for hydroxylation is 2. The number of nitrogens with zero attached hydrogens (tertiary/aromatic N) is 3. The molecule has 0 aliphatic carbocycles. The molecule has 0 bridgehead atoms. The Hall–Kier alpha value is -1.85. The fourth-order valence-corrected chi connectivity index (χ4v) is 3.90. The molecule has 2 aromatic rings. The van der Waals surface area contributed by atoms with Crippen LogP contribution in [0.1, 0.15) is 42.5 Å². The number of halogens is 1. The van der Waals surface area contributed by atoms with E-state index in [1.54, 1.807) is 14.2 Å². The lowest BCUT2D eigenvalue weighted by Gasteiger charge is -2.35. The number of nitrogens with one attached hydrogen (secondary N) is 2. The van der Waals surface area contributed by atoms with E-state index in [9.17, 15) is 0 Å². The molecule has 1 aliphatic rings. The average Bonchev–Trinajstić information content (AvgIpc) is 3.24. The van der Waals surface area contributed by atoms with Crippen LogP contribution < -0.4 is 15.4 Å². The molecule has 2 N–H and O–H groups in total. The van der Waals surface area contributed by atoms with E-state index < -0.39 is 0 Å². The normalized spacial score (nSPS) is 15.7. The van der Waals surface area contributed by atoms with Gasteiger partial charge in [-0.1, -0.05) is 31.1 Å². The molecule has 9 heteroatoms. The molecule has 1 aromatic heterocycles. The molecule has 1 atom stereocenters. The smallest absolute Gasteiger partial charge is 0.191 e. The van der Waals surface area contributed by atoms with Crippen LogP contribution in [0.2, 0.25) is 0 Å². The van der Waals surface area contributed by atoms with Crippen molar-refractivity contribution in [2.24, 2.45) is 4.99 Å². The Morgan fingerprint density at radius 1 is 1.16 bits per heavy atom. The van der Waals surface area contributed by atoms with Crippen LogP contribution in [-0.2, 0) is 24.1 Å². The number of benzene rings is 1. The van der Waals surface area contributed by atoms with Crippen LogP contribution in [0, 0.1) is 0 Å². The van der Waals surface area contributed by atoms with Crippen molar-refractivity contribution in [2.45, 2.75) is 39.3 Å². The zero-order valence-electron chi connectivity index (χ0n) is 19.5. The molecule has 0 saturated carbocycles. The van der Waals surface area contributed by atoms with Gasteiger partial charge in [-0.3, -0.25) is 9.89 Å². The molecule has 0 radical (unpaired) electrons. The molecule has 2 heterocycles. The van der Waals surface area contributed by atoms with Gasteiger partial charge in [0.15, 0.2) is 5.96 Å². The lowest BCUT2D eigenvalue weighted by atomic mass is 10.0. The first kappa shape index (κ1) is 26.4. The van der Waals surface area contributed by atoms with Crippen LogP contribution in [0.5, 0.6) is 5.75 Å². The highest BCUT2D eigenvalue weighted by molar-refractivity contribution is 14.0. The Bertz CT molecular complexity index is 813. The maximum Gasteiger partial charge on any atom is 0.191 e. The summed E-state index contributed by atoms with van der Waals surface area (Å²) >= 11 is 0. The van der Waals surface area contributed by atoms with Crippen LogP contribution in [0.4, 0.5) is 0 Å². The predicted molar refractivity (Wildman–Crippen MR) is 137 cm³/mol. The Morgan fingerprint density at radius 2 is 1.88 bits per heavy atom. The molecular weight excluding hydrogens is 521 g/mol. The molecule has 178 valence electrons. The van der Waals surface area contributed by atoms with Gasteiger partial charge in [0.25, 0.3) is 0 Å². The number of aromatic nitrogens is 1. The van der Waals surface area contributed by atoms with Gasteiger partial charge in [0.1, 0.15) is 11.5 Å². The second-order valence-corrected chi connectivity index (χ2v) is 7.48. The maximum atomic E-state index is 5.56. The van der Waals surface area contributed by atoms with Crippen LogP contribution in [0.25, 0.3) is 0 Å². The summed E-state index contributed by atoms with van der Waals surface area (Å²) in [6, 6.07) is 8.51. The van der Waals surface area contributed by atoms with Crippen molar-refractivity contribution in [2.75, 3.05) is 47.0 Å². The minimum atomic E-state index is 0. The first-order valence-corrected chi connectivity index (χ1v) is 11.1. The largest absolute Gasteiger partial charge is 0.497 e. The molecule has 3 rings (SSSR count). The standard InChI is InChI=1S/C23H35N5O3.HI/c1-5-20-19(22(6-2)31-27-20)15-25-23(24-3)26-16-21(28-11-13-30-14-12-28)17-7-9-18(29-4)10-8-17;/h7-10,21H,5-6,11-16H2,1-4H3,(H2,24,25,26);1H. The average molecular weight is 557 g/mol. The molecule has 1 aromatic carbocycles. The maximum absolute atomic E-state index is 5.56. The van der Waals surface area contributed by atoms with Gasteiger partial charge in [-0.25, -0.2) is 0 Å². The zero-order chi connectivity index (χ0) is 22.1. The van der Waals surface area contributed by atoms with Gasteiger partial charge in [0.05, 0.1) is 32.1 Å². The molecular formula is C23H36IN5O3. The topological polar surface area (TPSA) is 84.2 Å². The summed E-state index contributed by atoms with van der Waals surface area (Å²) in [6.07, 6.45) is 1.68. The summed E-state index contributed by atoms with van der Waals surface area (Å²) < 4.78 is 16.4. The third-order valence-electron chi connectivity index (χ3n) is 5.71. The second-order valence-electron chi connectivity index (χ2n) is 7.48. The number of rotatable bonds is 9. The lowest BCUT2D eigenvalue weighted by Crippen LogP contribution is -2.46. The van der Waals surface area contributed by atoms with Crippen molar-refractivity contribution in [1.82, 2.24) is 20.7 Å². The van der Waals surface area contributed by atoms with E-state index in [0.717, 1.165) is 74.4 Å². The van der Waals surface area contributed by atoms with E-state index >= 15 is 0 Å². The summed E-state index contributed by atoms with van der Waals surface area (Å²) in [4.78, 5) is 6.87. The number of hydrogen-bond donors (Lipinski definition) is 2. The van der Waals surface area contributed by atoms with Crippen molar-refractivity contribution in [3.8, 4) is 5.75 Å². The molecule has 0 spiro atoms. The zero-order valence-corrected chi connectivity index (χ0v) is 21.8. The van der Waals surface area contributed by atoms with Gasteiger partial charge in [-0.05, 0) is 24.1 Å². The summed E-state index contributed by atoms with van der Waals surface area (Å²) in [6.45, 7) is 8.88. The minimum absolute atomic E-state index is 0. The van der Waals surface area contributed by atoms with Crippen molar-refractivity contribution >= 4 is 29.9 Å². The van der Waals surface area contributed by atoms with E-state index in [4.69, 9.17) is 14.0 Å². The van der Waals surface area contributed by atoms with Crippen LogP contribution in [0.15, 0.2) is 33.8 Å². The van der Waals surface area contributed by atoms with Gasteiger partial charge in [-0.15, -0.1) is 24.0 Å². The highest BCUT2D eigenvalue weighted by Gasteiger charge is 2.23. The molecule has 1 aliphatic heterocycles. The van der Waals surface area contributed by atoms with Gasteiger partial charge in [0, 0.05) is 45.2 Å². The fraction of sp³-hybridized carbons (Fsp3) is 0.565. The predicted octanol–water partition coefficient (Wildman–Crippen LogP) is 3.16. The number of morpholine rings is 1. The van der Waals surface area contributed by atoms with Gasteiger partial charge in [-0.2, -0.15) is 0 Å². The first-order chi connectivity index (χ1) is 15.2. The molecule has 1 unspecified atom stereocenters. The van der Waals surface area contributed by atoms with E-state index in [1.165, 1.54) is 5.56 Å². The van der Waals surface area contributed by atoms with E-state index in [-0.39, 0.29) is 30.0 Å². The van der Waals surface area contributed by atoms with Crippen molar-refractivity contribution in [3.63, 3.8) is 0 Å². The fourth-order valence-electron chi connectivity index (χ4n) is 3.90. The summed E-state index contributed by atoms with van der Waals surface area (Å²) in [7, 11) is 3.48. The highest BCUT2D eigenvalue weighted by atomic mass is 127. The molecule has 1 saturated heterocycles. The molecule has 0 amide bonds. The van der Waals surface area contributed by atoms with Gasteiger partial charge < -0.3 is 24.6 Å². The van der Waals surface area contributed by atoms with E-state index in [0.29, 0.717) is 6.54 Å². The Balaban J connectivity index is 0.00000363. The van der Waals surface area contributed by atoms with Crippen molar-refractivity contribution in [3.05, 3.63) is 46.8 Å². The third-order valence-corrected chi connectivity index (χ3v) is 5.71. The second kappa shape index (κ2) is 13.6. The van der Waals surface area contributed by atoms with Crippen LogP contribution in [-0.4, -0.2) is 63.0 Å². The number of guanidine groups is 1. The molecule has 32 heavy (non-hydrogen) atoms. The van der Waals surface area contributed by atoms with Gasteiger partial charge >= 0.3 is 0 Å². The number of methoxy groups -OCH3 is 1. The SMILES string of the molecule is CCc1noc(CC)c1CNC(=NC)NCC(c1ccc(OC)cc1)N1CCOCC1.I. The number of ether oxygens (including phenoxy) is 2. The number of hydrogen-bond acceptors (Lipinski definition) is 6. The Morgan fingerprint density at radius 3 is 2.47 bits per heavy atom. The monoisotopic (exact) mass is 557 g/mol. The summed E-state index contributed by atoms with van der Waals surface area (Å²) in [5, 5.41) is 11.1. The Kier molecular flexibility index (Phi) is 11.3. The summed E-state index contributed by atoms with van der Waals surface area (Å²) in [5.41, 5.74) is 3.38. The van der Waals surface area contributed by atoms with Crippen LogP contribution >= 0.6 is 24.0 Å². The van der Waals surface area contributed by atoms with Crippen molar-refractivity contribution < 1.29 is 14.0 Å². The quantitative estimate of drug-likeness (QED) is 0.279. The molecule has 8 nitrogen and oxygen atoms in total. The molecule has 1 fully saturated rings. The lowest BCUT2D eigenvalue weighted by molar-refractivity contribution is 0.0170. The third kappa shape index (κ3) is 6.82. The number of aliphatic imine (C=N–C) groups is 1. The minimum Gasteiger partial charge on any atom is -0.497 e. The highest BCUT2D eigenvalue weighted by Crippen LogP contribution is 2.23. The Labute approximate surface area is 208 Å². The van der Waals surface area contributed by atoms with Gasteiger partial charge in [0.2, 0.25) is 0 Å². The van der Waals surface area contributed by atoms with Crippen molar-refractivity contribution in [1.29, 1.82) is 0 Å². The van der Waals surface area contributed by atoms with E-state index in [1.807, 2.05) is 12.1 Å².